The SMILES string of the molecule is COc1cc(/C=C/C(=O)c2ccc(S(=O)(=O)N3CCCC3)cc2)ccc1OCc1ccccc1. The average Bonchev–Trinajstić information content (AvgIpc) is 3.43. The molecule has 1 aliphatic rings. The summed E-state index contributed by atoms with van der Waals surface area (Å²) in [7, 11) is -1.92. The molecule has 7 heteroatoms. The number of methoxy groups -OCH3 is 1. The van der Waals surface area contributed by atoms with Gasteiger partial charge in [-0.05, 0) is 66.4 Å². The van der Waals surface area contributed by atoms with E-state index in [2.05, 4.69) is 0 Å². The summed E-state index contributed by atoms with van der Waals surface area (Å²) in [6.07, 6.45) is 4.92. The van der Waals surface area contributed by atoms with E-state index in [0.717, 1.165) is 24.0 Å². The number of carbonyl (C=O) groups is 1. The zero-order chi connectivity index (χ0) is 24.0. The summed E-state index contributed by atoms with van der Waals surface area (Å²) >= 11 is 0. The van der Waals surface area contributed by atoms with Crippen LogP contribution in [0.1, 0.15) is 34.3 Å². The lowest BCUT2D eigenvalue weighted by Crippen LogP contribution is -2.27. The lowest BCUT2D eigenvalue weighted by molar-refractivity contribution is 0.104. The minimum absolute atomic E-state index is 0.214. The van der Waals surface area contributed by atoms with E-state index in [1.807, 2.05) is 42.5 Å². The molecule has 176 valence electrons. The van der Waals surface area contributed by atoms with Gasteiger partial charge in [-0.25, -0.2) is 8.42 Å². The third-order valence-electron chi connectivity index (χ3n) is 5.69. The van der Waals surface area contributed by atoms with Crippen LogP contribution in [0.3, 0.4) is 0 Å². The van der Waals surface area contributed by atoms with Gasteiger partial charge in [0.25, 0.3) is 0 Å². The van der Waals surface area contributed by atoms with Crippen LogP contribution in [0.2, 0.25) is 0 Å². The lowest BCUT2D eigenvalue weighted by Gasteiger charge is -2.15. The van der Waals surface area contributed by atoms with Gasteiger partial charge in [-0.2, -0.15) is 4.31 Å². The van der Waals surface area contributed by atoms with Crippen LogP contribution in [-0.2, 0) is 16.6 Å². The van der Waals surface area contributed by atoms with Crippen molar-refractivity contribution in [1.29, 1.82) is 0 Å². The molecule has 0 aromatic heterocycles. The maximum Gasteiger partial charge on any atom is 0.243 e. The van der Waals surface area contributed by atoms with E-state index >= 15 is 0 Å². The maximum absolute atomic E-state index is 12.6. The summed E-state index contributed by atoms with van der Waals surface area (Å²) in [4.78, 5) is 12.8. The second-order valence-electron chi connectivity index (χ2n) is 8.02. The number of hydrogen-bond donors (Lipinski definition) is 0. The number of ether oxygens (including phenoxy) is 2. The van der Waals surface area contributed by atoms with Crippen molar-refractivity contribution >= 4 is 21.9 Å². The van der Waals surface area contributed by atoms with Crippen molar-refractivity contribution in [3.8, 4) is 11.5 Å². The number of sulfonamides is 1. The molecule has 0 spiro atoms. The predicted molar refractivity (Wildman–Crippen MR) is 132 cm³/mol. The monoisotopic (exact) mass is 477 g/mol. The third-order valence-corrected chi connectivity index (χ3v) is 7.61. The number of hydrogen-bond acceptors (Lipinski definition) is 5. The summed E-state index contributed by atoms with van der Waals surface area (Å²) < 4.78 is 38.1. The summed E-state index contributed by atoms with van der Waals surface area (Å²) in [5.74, 6) is 0.972. The largest absolute Gasteiger partial charge is 0.493 e. The van der Waals surface area contributed by atoms with Gasteiger partial charge in [-0.3, -0.25) is 4.79 Å². The van der Waals surface area contributed by atoms with Crippen molar-refractivity contribution < 1.29 is 22.7 Å². The lowest BCUT2D eigenvalue weighted by atomic mass is 10.1. The molecule has 0 N–H and O–H groups in total. The zero-order valence-electron chi connectivity index (χ0n) is 19.0. The van der Waals surface area contributed by atoms with Crippen molar-refractivity contribution in [2.75, 3.05) is 20.2 Å². The molecule has 1 saturated heterocycles. The Morgan fingerprint density at radius 3 is 2.32 bits per heavy atom. The zero-order valence-corrected chi connectivity index (χ0v) is 19.8. The first-order chi connectivity index (χ1) is 16.5. The van der Waals surface area contributed by atoms with E-state index in [-0.39, 0.29) is 10.7 Å². The van der Waals surface area contributed by atoms with Gasteiger partial charge in [0.15, 0.2) is 17.3 Å². The summed E-state index contributed by atoms with van der Waals surface area (Å²) in [5, 5.41) is 0. The number of rotatable bonds is 9. The van der Waals surface area contributed by atoms with Crippen molar-refractivity contribution in [2.45, 2.75) is 24.3 Å². The van der Waals surface area contributed by atoms with E-state index < -0.39 is 10.0 Å². The Kier molecular flexibility index (Phi) is 7.45. The number of benzene rings is 3. The first-order valence-electron chi connectivity index (χ1n) is 11.1. The average molecular weight is 478 g/mol. The Labute approximate surface area is 200 Å². The summed E-state index contributed by atoms with van der Waals surface area (Å²) in [6, 6.07) is 21.4. The topological polar surface area (TPSA) is 72.9 Å². The van der Waals surface area contributed by atoms with Crippen molar-refractivity contribution in [3.05, 3.63) is 95.6 Å². The van der Waals surface area contributed by atoms with E-state index in [9.17, 15) is 13.2 Å². The normalized spacial score (nSPS) is 14.4. The summed E-state index contributed by atoms with van der Waals surface area (Å²) in [5.41, 5.74) is 2.26. The first kappa shape index (κ1) is 23.7. The minimum atomic E-state index is -3.49. The van der Waals surface area contributed by atoms with E-state index in [0.29, 0.717) is 36.8 Å². The number of ketones is 1. The Balaban J connectivity index is 1.42. The van der Waals surface area contributed by atoms with Gasteiger partial charge in [-0.15, -0.1) is 0 Å². The van der Waals surface area contributed by atoms with Gasteiger partial charge >= 0.3 is 0 Å². The van der Waals surface area contributed by atoms with Gasteiger partial charge in [0.1, 0.15) is 6.61 Å². The molecule has 34 heavy (non-hydrogen) atoms. The molecule has 1 fully saturated rings. The number of nitrogens with zero attached hydrogens (tertiary/aromatic N) is 1. The molecule has 0 atom stereocenters. The van der Waals surface area contributed by atoms with Crippen LogP contribution < -0.4 is 9.47 Å². The predicted octanol–water partition coefficient (Wildman–Crippen LogP) is 4.95. The van der Waals surface area contributed by atoms with Gasteiger partial charge in [-0.1, -0.05) is 42.5 Å². The van der Waals surface area contributed by atoms with Crippen molar-refractivity contribution in [1.82, 2.24) is 4.31 Å². The molecule has 6 nitrogen and oxygen atoms in total. The van der Waals surface area contributed by atoms with Crippen LogP contribution in [0.5, 0.6) is 11.5 Å². The van der Waals surface area contributed by atoms with E-state index in [4.69, 9.17) is 9.47 Å². The van der Waals surface area contributed by atoms with Crippen molar-refractivity contribution in [2.24, 2.45) is 0 Å². The molecule has 4 rings (SSSR count). The second kappa shape index (κ2) is 10.7. The van der Waals surface area contributed by atoms with Crippen LogP contribution >= 0.6 is 0 Å². The fourth-order valence-electron chi connectivity index (χ4n) is 3.78. The van der Waals surface area contributed by atoms with Crippen molar-refractivity contribution in [3.63, 3.8) is 0 Å². The molecule has 0 unspecified atom stereocenters. The molecule has 3 aromatic rings. The van der Waals surface area contributed by atoms with Crippen LogP contribution in [0, 0.1) is 0 Å². The molecule has 0 amide bonds. The molecule has 1 aliphatic heterocycles. The van der Waals surface area contributed by atoms with Crippen LogP contribution in [0.15, 0.2) is 83.8 Å². The third kappa shape index (κ3) is 5.55. The first-order valence-corrected chi connectivity index (χ1v) is 12.6. The molecule has 3 aromatic carbocycles. The molecule has 0 aliphatic carbocycles. The molecule has 0 bridgehead atoms. The molecular formula is C27H27NO5S. The number of carbonyl (C=O) groups excluding carboxylic acids is 1. The van der Waals surface area contributed by atoms with Gasteiger partial charge < -0.3 is 9.47 Å². The fraction of sp³-hybridized carbons (Fsp3) is 0.222. The maximum atomic E-state index is 12.6. The quantitative estimate of drug-likeness (QED) is 0.322. The van der Waals surface area contributed by atoms with Gasteiger partial charge in [0.05, 0.1) is 12.0 Å². The Morgan fingerprint density at radius 1 is 0.941 bits per heavy atom. The highest BCUT2D eigenvalue weighted by Crippen LogP contribution is 2.29. The smallest absolute Gasteiger partial charge is 0.243 e. The molecular weight excluding hydrogens is 450 g/mol. The summed E-state index contributed by atoms with van der Waals surface area (Å²) in [6.45, 7) is 1.52. The highest BCUT2D eigenvalue weighted by atomic mass is 32.2. The van der Waals surface area contributed by atoms with E-state index in [1.165, 1.54) is 22.5 Å². The van der Waals surface area contributed by atoms with Gasteiger partial charge in [0.2, 0.25) is 10.0 Å². The molecule has 1 heterocycles. The highest BCUT2D eigenvalue weighted by molar-refractivity contribution is 7.89. The second-order valence-corrected chi connectivity index (χ2v) is 9.96. The van der Waals surface area contributed by atoms with Crippen LogP contribution in [0.25, 0.3) is 6.08 Å². The van der Waals surface area contributed by atoms with Gasteiger partial charge in [0, 0.05) is 18.7 Å². The fourth-order valence-corrected chi connectivity index (χ4v) is 5.30. The van der Waals surface area contributed by atoms with Crippen LogP contribution in [0.4, 0.5) is 0 Å². The number of allylic oxidation sites excluding steroid dienone is 1. The molecule has 0 radical (unpaired) electrons. The Morgan fingerprint density at radius 2 is 1.65 bits per heavy atom. The van der Waals surface area contributed by atoms with Crippen LogP contribution in [-0.4, -0.2) is 38.7 Å². The van der Waals surface area contributed by atoms with E-state index in [1.54, 1.807) is 31.4 Å². The molecule has 0 saturated carbocycles. The Hall–Kier alpha value is -3.42. The highest BCUT2D eigenvalue weighted by Gasteiger charge is 2.27. The minimum Gasteiger partial charge on any atom is -0.493 e. The standard InChI is InChI=1S/C27H27NO5S/c1-32-27-19-21(10-16-26(27)33-20-22-7-3-2-4-8-22)9-15-25(29)23-11-13-24(14-12-23)34(30,31)28-17-5-6-18-28/h2-4,7-16,19H,5-6,17-18,20H2,1H3/b15-9+. The Bertz CT molecular complexity index is 1260.